The molecule has 1 saturated heterocycles. The predicted octanol–water partition coefficient (Wildman–Crippen LogP) is 4.99. The van der Waals surface area contributed by atoms with Crippen molar-refractivity contribution < 1.29 is 9.59 Å². The second-order valence-electron chi connectivity index (χ2n) is 8.55. The van der Waals surface area contributed by atoms with Crippen molar-refractivity contribution >= 4 is 39.8 Å². The number of hydrogen-bond donors (Lipinski definition) is 1. The molecular formula is C28H27N5O2. The van der Waals surface area contributed by atoms with E-state index in [2.05, 4.69) is 10.3 Å². The van der Waals surface area contributed by atoms with Gasteiger partial charge >= 0.3 is 6.03 Å². The van der Waals surface area contributed by atoms with Crippen LogP contribution in [0.2, 0.25) is 0 Å². The van der Waals surface area contributed by atoms with E-state index < -0.39 is 0 Å². The lowest BCUT2D eigenvalue weighted by Crippen LogP contribution is -2.51. The molecular weight excluding hydrogens is 438 g/mol. The maximum Gasteiger partial charge on any atom is 0.321 e. The minimum absolute atomic E-state index is 0.0165. The molecule has 0 bridgehead atoms. The summed E-state index contributed by atoms with van der Waals surface area (Å²) < 4.78 is 0. The molecule has 0 atom stereocenters. The average molecular weight is 466 g/mol. The highest BCUT2D eigenvalue weighted by molar-refractivity contribution is 6.01. The van der Waals surface area contributed by atoms with Gasteiger partial charge in [0.15, 0.2) is 0 Å². The van der Waals surface area contributed by atoms with Crippen molar-refractivity contribution in [2.45, 2.75) is 0 Å². The molecule has 0 unspecified atom stereocenters. The Balaban J connectivity index is 1.18. The monoisotopic (exact) mass is 465 g/mol. The maximum atomic E-state index is 13.0. The van der Waals surface area contributed by atoms with E-state index in [0.717, 1.165) is 27.8 Å². The Labute approximate surface area is 204 Å². The third-order valence-corrected chi connectivity index (χ3v) is 6.44. The van der Waals surface area contributed by atoms with Gasteiger partial charge in [-0.3, -0.25) is 9.78 Å². The van der Waals surface area contributed by atoms with Crippen LogP contribution in [0, 0.1) is 0 Å². The number of urea groups is 1. The molecule has 1 aliphatic heterocycles. The molecule has 176 valence electrons. The largest absolute Gasteiger partial charge is 0.345 e. The van der Waals surface area contributed by atoms with Gasteiger partial charge < -0.3 is 20.0 Å². The van der Waals surface area contributed by atoms with Gasteiger partial charge in [0.05, 0.1) is 5.69 Å². The molecule has 1 aromatic heterocycles. The Morgan fingerprint density at radius 2 is 1.40 bits per heavy atom. The summed E-state index contributed by atoms with van der Waals surface area (Å²) in [4.78, 5) is 35.6. The summed E-state index contributed by atoms with van der Waals surface area (Å²) in [6, 6.07) is 25.2. The van der Waals surface area contributed by atoms with Gasteiger partial charge in [-0.05, 0) is 47.9 Å². The van der Waals surface area contributed by atoms with Gasteiger partial charge in [-0.15, -0.1) is 0 Å². The zero-order valence-electron chi connectivity index (χ0n) is 19.6. The maximum absolute atomic E-state index is 13.0. The Morgan fingerprint density at radius 1 is 0.771 bits per heavy atom. The normalized spacial score (nSPS) is 13.5. The van der Waals surface area contributed by atoms with Crippen LogP contribution in [-0.4, -0.2) is 59.9 Å². The second kappa shape index (κ2) is 9.85. The topological polar surface area (TPSA) is 68.8 Å². The van der Waals surface area contributed by atoms with Crippen LogP contribution >= 0.6 is 0 Å². The van der Waals surface area contributed by atoms with Crippen LogP contribution in [0.3, 0.4) is 0 Å². The average Bonchev–Trinajstić information content (AvgIpc) is 2.93. The summed E-state index contributed by atoms with van der Waals surface area (Å²) in [7, 11) is 1.98. The SMILES string of the molecule is CN(c1ccncc1)c1ccc(C(=O)N2CCN(C(=O)Nc3cccc4ccccc34)CC2)cc1. The minimum Gasteiger partial charge on any atom is -0.345 e. The van der Waals surface area contributed by atoms with Gasteiger partial charge in [0, 0.05) is 67.9 Å². The van der Waals surface area contributed by atoms with Crippen molar-refractivity contribution in [3.8, 4) is 0 Å². The smallest absolute Gasteiger partial charge is 0.321 e. The third-order valence-electron chi connectivity index (χ3n) is 6.44. The molecule has 0 aliphatic carbocycles. The number of aromatic nitrogens is 1. The van der Waals surface area contributed by atoms with E-state index in [9.17, 15) is 9.59 Å². The van der Waals surface area contributed by atoms with Gasteiger partial charge in [-0.25, -0.2) is 4.79 Å². The highest BCUT2D eigenvalue weighted by atomic mass is 16.2. The fourth-order valence-corrected chi connectivity index (χ4v) is 4.37. The Morgan fingerprint density at radius 3 is 2.14 bits per heavy atom. The lowest BCUT2D eigenvalue weighted by Gasteiger charge is -2.35. The van der Waals surface area contributed by atoms with Crippen molar-refractivity contribution in [2.75, 3.05) is 43.4 Å². The number of fused-ring (bicyclic) bond motifs is 1. The molecule has 5 rings (SSSR count). The summed E-state index contributed by atoms with van der Waals surface area (Å²) in [5.41, 5.74) is 3.45. The third kappa shape index (κ3) is 4.80. The van der Waals surface area contributed by atoms with Gasteiger partial charge in [0.25, 0.3) is 5.91 Å². The number of hydrogen-bond acceptors (Lipinski definition) is 4. The van der Waals surface area contributed by atoms with Crippen LogP contribution in [0.5, 0.6) is 0 Å². The predicted molar refractivity (Wildman–Crippen MR) is 139 cm³/mol. The first-order chi connectivity index (χ1) is 17.1. The highest BCUT2D eigenvalue weighted by Gasteiger charge is 2.25. The van der Waals surface area contributed by atoms with E-state index >= 15 is 0 Å². The fraction of sp³-hybridized carbons (Fsp3) is 0.179. The van der Waals surface area contributed by atoms with Crippen LogP contribution in [0.4, 0.5) is 21.9 Å². The molecule has 35 heavy (non-hydrogen) atoms. The van der Waals surface area contributed by atoms with Crippen LogP contribution in [-0.2, 0) is 0 Å². The zero-order valence-corrected chi connectivity index (χ0v) is 19.6. The minimum atomic E-state index is -0.142. The molecule has 4 aromatic rings. The van der Waals surface area contributed by atoms with Crippen molar-refractivity contribution in [3.05, 3.63) is 96.8 Å². The summed E-state index contributed by atoms with van der Waals surface area (Å²) in [5.74, 6) is -0.0165. The van der Waals surface area contributed by atoms with E-state index in [4.69, 9.17) is 0 Å². The molecule has 7 nitrogen and oxygen atoms in total. The van der Waals surface area contributed by atoms with E-state index in [1.165, 1.54) is 0 Å². The number of amides is 3. The lowest BCUT2D eigenvalue weighted by molar-refractivity contribution is 0.0671. The van der Waals surface area contributed by atoms with E-state index in [1.807, 2.05) is 95.7 Å². The van der Waals surface area contributed by atoms with Crippen LogP contribution in [0.15, 0.2) is 91.3 Å². The number of carbonyl (C=O) groups excluding carboxylic acids is 2. The number of nitrogens with zero attached hydrogens (tertiary/aromatic N) is 4. The molecule has 1 aliphatic rings. The van der Waals surface area contributed by atoms with Crippen LogP contribution in [0.1, 0.15) is 10.4 Å². The zero-order chi connectivity index (χ0) is 24.2. The highest BCUT2D eigenvalue weighted by Crippen LogP contribution is 2.25. The van der Waals surface area contributed by atoms with Crippen molar-refractivity contribution in [3.63, 3.8) is 0 Å². The molecule has 3 aromatic carbocycles. The molecule has 0 saturated carbocycles. The summed E-state index contributed by atoms with van der Waals surface area (Å²) in [5, 5.41) is 5.13. The van der Waals surface area contributed by atoms with Gasteiger partial charge in [-0.1, -0.05) is 36.4 Å². The molecule has 1 fully saturated rings. The Hall–Kier alpha value is -4.39. The standard InChI is InChI=1S/C28H27N5O2/c1-31(24-13-15-29-16-14-24)23-11-9-22(10-12-23)27(34)32-17-19-33(20-18-32)28(35)30-26-8-4-6-21-5-2-3-7-25(21)26/h2-16H,17-20H2,1H3,(H,30,35). The Kier molecular flexibility index (Phi) is 6.30. The first-order valence-electron chi connectivity index (χ1n) is 11.7. The van der Waals surface area contributed by atoms with Crippen molar-refractivity contribution in [2.24, 2.45) is 0 Å². The first-order valence-corrected chi connectivity index (χ1v) is 11.7. The summed E-state index contributed by atoms with van der Waals surface area (Å²) >= 11 is 0. The van der Waals surface area contributed by atoms with Gasteiger partial charge in [0.2, 0.25) is 0 Å². The fourth-order valence-electron chi connectivity index (χ4n) is 4.37. The van der Waals surface area contributed by atoms with E-state index in [-0.39, 0.29) is 11.9 Å². The summed E-state index contributed by atoms with van der Waals surface area (Å²) in [6.45, 7) is 1.98. The van der Waals surface area contributed by atoms with Crippen molar-refractivity contribution in [1.82, 2.24) is 14.8 Å². The number of carbonyl (C=O) groups is 2. The Bertz CT molecular complexity index is 1330. The number of pyridine rings is 1. The molecule has 0 radical (unpaired) electrons. The summed E-state index contributed by atoms with van der Waals surface area (Å²) in [6.07, 6.45) is 3.51. The molecule has 0 spiro atoms. The van der Waals surface area contributed by atoms with Gasteiger partial charge in [0.1, 0.15) is 0 Å². The number of anilines is 3. The second-order valence-corrected chi connectivity index (χ2v) is 8.55. The number of piperazine rings is 1. The van der Waals surface area contributed by atoms with E-state index in [0.29, 0.717) is 31.7 Å². The number of rotatable bonds is 4. The van der Waals surface area contributed by atoms with Crippen LogP contribution in [0.25, 0.3) is 10.8 Å². The van der Waals surface area contributed by atoms with E-state index in [1.54, 1.807) is 17.3 Å². The van der Waals surface area contributed by atoms with Crippen LogP contribution < -0.4 is 10.2 Å². The molecule has 7 heteroatoms. The van der Waals surface area contributed by atoms with Gasteiger partial charge in [-0.2, -0.15) is 0 Å². The molecule has 3 amide bonds. The molecule has 2 heterocycles. The van der Waals surface area contributed by atoms with Crippen molar-refractivity contribution in [1.29, 1.82) is 0 Å². The lowest BCUT2D eigenvalue weighted by atomic mass is 10.1. The number of nitrogens with one attached hydrogen (secondary N) is 1. The molecule has 1 N–H and O–H groups in total. The quantitative estimate of drug-likeness (QED) is 0.461. The number of benzene rings is 3. The first kappa shape index (κ1) is 22.4.